The second-order valence-electron chi connectivity index (χ2n) is 5.33. The molecule has 0 saturated heterocycles. The van der Waals surface area contributed by atoms with Crippen molar-refractivity contribution in [2.75, 3.05) is 25.6 Å². The molecule has 0 unspecified atom stereocenters. The highest BCUT2D eigenvalue weighted by atomic mass is 19.1. The first-order chi connectivity index (χ1) is 13.0. The number of aldehydes is 1. The Morgan fingerprint density at radius 2 is 2.04 bits per heavy atom. The van der Waals surface area contributed by atoms with Gasteiger partial charge in [-0.2, -0.15) is 0 Å². The number of hydrogen-bond acceptors (Lipinski definition) is 6. The standard InChI is InChI=1S/C18H20FN3O3.C2H6/c1-13-3-4-17(16(19)9-13)21-18-11-20-10-14(15(18)12-24)5-6-22(2)25-8-7-23;1-2/h3-6,9-12,21,23H,7-8H2,1-2H3;1-2H3/b6-5-;. The van der Waals surface area contributed by atoms with Gasteiger partial charge in [-0.15, -0.1) is 0 Å². The lowest BCUT2D eigenvalue weighted by molar-refractivity contribution is -0.109. The quantitative estimate of drug-likeness (QED) is 0.538. The van der Waals surface area contributed by atoms with Crippen molar-refractivity contribution < 1.29 is 19.1 Å². The number of hydroxylamine groups is 2. The van der Waals surface area contributed by atoms with Crippen LogP contribution in [0.2, 0.25) is 0 Å². The molecule has 0 spiro atoms. The maximum Gasteiger partial charge on any atom is 0.152 e. The fourth-order valence-electron chi connectivity index (χ4n) is 2.13. The number of carbonyl (C=O) groups excluding carboxylic acids is 1. The van der Waals surface area contributed by atoms with Gasteiger partial charge in [0.1, 0.15) is 5.82 Å². The molecule has 27 heavy (non-hydrogen) atoms. The summed E-state index contributed by atoms with van der Waals surface area (Å²) in [5.74, 6) is -0.407. The molecule has 0 saturated carbocycles. The van der Waals surface area contributed by atoms with Crippen LogP contribution < -0.4 is 5.32 Å². The largest absolute Gasteiger partial charge is 0.394 e. The molecule has 0 aliphatic rings. The van der Waals surface area contributed by atoms with Crippen LogP contribution in [0.1, 0.15) is 35.3 Å². The summed E-state index contributed by atoms with van der Waals surface area (Å²) in [4.78, 5) is 20.8. The number of pyridine rings is 1. The number of aliphatic hydroxyl groups is 1. The minimum absolute atomic E-state index is 0.0964. The summed E-state index contributed by atoms with van der Waals surface area (Å²) in [5.41, 5.74) is 2.37. The van der Waals surface area contributed by atoms with Crippen LogP contribution in [0, 0.1) is 12.7 Å². The van der Waals surface area contributed by atoms with E-state index in [-0.39, 0.29) is 18.9 Å². The first-order valence-electron chi connectivity index (χ1n) is 8.66. The average molecular weight is 375 g/mol. The minimum Gasteiger partial charge on any atom is -0.394 e. The van der Waals surface area contributed by atoms with Crippen LogP contribution in [-0.4, -0.2) is 41.7 Å². The van der Waals surface area contributed by atoms with Crippen molar-refractivity contribution in [3.05, 3.63) is 59.3 Å². The van der Waals surface area contributed by atoms with Gasteiger partial charge in [-0.3, -0.25) is 19.7 Å². The molecule has 0 radical (unpaired) electrons. The van der Waals surface area contributed by atoms with Crippen LogP contribution in [0.4, 0.5) is 15.8 Å². The van der Waals surface area contributed by atoms with Crippen molar-refractivity contribution in [2.24, 2.45) is 0 Å². The molecule has 0 amide bonds. The molecule has 2 aromatic rings. The number of aliphatic hydroxyl groups excluding tert-OH is 1. The third-order valence-electron chi connectivity index (χ3n) is 3.38. The molecule has 0 aliphatic heterocycles. The lowest BCUT2D eigenvalue weighted by Crippen LogP contribution is -2.14. The molecule has 1 aromatic heterocycles. The van der Waals surface area contributed by atoms with Crippen LogP contribution >= 0.6 is 0 Å². The predicted octanol–water partition coefficient (Wildman–Crippen LogP) is 3.94. The number of nitrogens with zero attached hydrogens (tertiary/aromatic N) is 2. The molecule has 0 bridgehead atoms. The Balaban J connectivity index is 0.00000176. The van der Waals surface area contributed by atoms with Crippen LogP contribution in [0.15, 0.2) is 36.8 Å². The molecule has 0 atom stereocenters. The SMILES string of the molecule is CC.Cc1ccc(Nc2cncc(/C=C\N(C)OCCO)c2C=O)c(F)c1. The second kappa shape index (κ2) is 11.8. The Hall–Kier alpha value is -2.77. The summed E-state index contributed by atoms with van der Waals surface area (Å²) < 4.78 is 14.0. The van der Waals surface area contributed by atoms with Gasteiger partial charge in [-0.25, -0.2) is 4.39 Å². The third-order valence-corrected chi connectivity index (χ3v) is 3.38. The summed E-state index contributed by atoms with van der Waals surface area (Å²) in [5, 5.41) is 13.0. The van der Waals surface area contributed by atoms with Gasteiger partial charge < -0.3 is 10.4 Å². The summed E-state index contributed by atoms with van der Waals surface area (Å²) in [7, 11) is 1.66. The Bertz CT molecular complexity index is 766. The van der Waals surface area contributed by atoms with Gasteiger partial charge in [0.15, 0.2) is 6.29 Å². The lowest BCUT2D eigenvalue weighted by Gasteiger charge is -2.14. The van der Waals surface area contributed by atoms with Crippen molar-refractivity contribution >= 4 is 23.7 Å². The molecular formula is C20H26FN3O3. The normalized spacial score (nSPS) is 10.3. The van der Waals surface area contributed by atoms with E-state index in [1.165, 1.54) is 23.5 Å². The molecule has 2 rings (SSSR count). The summed E-state index contributed by atoms with van der Waals surface area (Å²) in [6, 6.07) is 4.79. The Kier molecular flexibility index (Phi) is 9.71. The maximum absolute atomic E-state index is 14.0. The smallest absolute Gasteiger partial charge is 0.152 e. The van der Waals surface area contributed by atoms with Crippen LogP contribution in [0.3, 0.4) is 0 Å². The number of anilines is 2. The van der Waals surface area contributed by atoms with Crippen molar-refractivity contribution in [3.63, 3.8) is 0 Å². The monoisotopic (exact) mass is 375 g/mol. The van der Waals surface area contributed by atoms with E-state index < -0.39 is 5.82 Å². The van der Waals surface area contributed by atoms with Gasteiger partial charge >= 0.3 is 0 Å². The average Bonchev–Trinajstić information content (AvgIpc) is 2.68. The van der Waals surface area contributed by atoms with Gasteiger partial charge in [0.2, 0.25) is 0 Å². The molecule has 6 nitrogen and oxygen atoms in total. The Morgan fingerprint density at radius 3 is 2.67 bits per heavy atom. The van der Waals surface area contributed by atoms with Gasteiger partial charge in [0.05, 0.1) is 30.8 Å². The van der Waals surface area contributed by atoms with Crippen LogP contribution in [0.25, 0.3) is 6.08 Å². The number of aromatic nitrogens is 1. The molecule has 0 aliphatic carbocycles. The highest BCUT2D eigenvalue weighted by Crippen LogP contribution is 2.25. The summed E-state index contributed by atoms with van der Waals surface area (Å²) >= 11 is 0. The van der Waals surface area contributed by atoms with Gasteiger partial charge in [-0.1, -0.05) is 19.9 Å². The van der Waals surface area contributed by atoms with Crippen molar-refractivity contribution in [2.45, 2.75) is 20.8 Å². The lowest BCUT2D eigenvalue weighted by atomic mass is 10.1. The van der Waals surface area contributed by atoms with Crippen molar-refractivity contribution in [1.29, 1.82) is 0 Å². The number of aryl methyl sites for hydroxylation is 1. The van der Waals surface area contributed by atoms with Gasteiger partial charge in [0, 0.05) is 30.6 Å². The zero-order valence-electron chi connectivity index (χ0n) is 16.1. The number of halogens is 1. The molecule has 146 valence electrons. The third kappa shape index (κ3) is 6.80. The Labute approximate surface area is 159 Å². The highest BCUT2D eigenvalue weighted by Gasteiger charge is 2.10. The van der Waals surface area contributed by atoms with E-state index in [1.54, 1.807) is 38.4 Å². The van der Waals surface area contributed by atoms with E-state index in [0.29, 0.717) is 23.1 Å². The molecule has 7 heteroatoms. The Morgan fingerprint density at radius 1 is 1.30 bits per heavy atom. The number of benzene rings is 1. The summed E-state index contributed by atoms with van der Waals surface area (Å²) in [6.07, 6.45) is 6.91. The number of hydrogen-bond donors (Lipinski definition) is 2. The highest BCUT2D eigenvalue weighted by molar-refractivity contribution is 5.90. The van der Waals surface area contributed by atoms with Gasteiger partial charge in [0.25, 0.3) is 0 Å². The predicted molar refractivity (Wildman–Crippen MR) is 105 cm³/mol. The molecule has 2 N–H and O–H groups in total. The van der Waals surface area contributed by atoms with Crippen molar-refractivity contribution in [3.8, 4) is 0 Å². The van der Waals surface area contributed by atoms with Crippen molar-refractivity contribution in [1.82, 2.24) is 10.0 Å². The number of nitrogens with one attached hydrogen (secondary N) is 1. The van der Waals surface area contributed by atoms with E-state index in [2.05, 4.69) is 10.3 Å². The zero-order chi connectivity index (χ0) is 20.2. The minimum atomic E-state index is -0.407. The first kappa shape index (κ1) is 22.3. The summed E-state index contributed by atoms with van der Waals surface area (Å²) in [6.45, 7) is 5.86. The first-order valence-corrected chi connectivity index (χ1v) is 8.66. The van der Waals surface area contributed by atoms with E-state index in [1.807, 2.05) is 13.8 Å². The van der Waals surface area contributed by atoms with E-state index in [0.717, 1.165) is 5.56 Å². The fourth-order valence-corrected chi connectivity index (χ4v) is 2.13. The van der Waals surface area contributed by atoms with Crippen LogP contribution in [-0.2, 0) is 4.84 Å². The molecular weight excluding hydrogens is 349 g/mol. The zero-order valence-corrected chi connectivity index (χ0v) is 16.1. The maximum atomic E-state index is 14.0. The van der Waals surface area contributed by atoms with E-state index in [9.17, 15) is 9.18 Å². The van der Waals surface area contributed by atoms with E-state index >= 15 is 0 Å². The topological polar surface area (TPSA) is 74.7 Å². The van der Waals surface area contributed by atoms with E-state index in [4.69, 9.17) is 9.94 Å². The molecule has 1 aromatic carbocycles. The molecule has 1 heterocycles. The second-order valence-corrected chi connectivity index (χ2v) is 5.33. The fraction of sp³-hybridized carbons (Fsp3) is 0.300. The van der Waals surface area contributed by atoms with Crippen LogP contribution in [0.5, 0.6) is 0 Å². The number of carbonyl (C=O) groups is 1. The van der Waals surface area contributed by atoms with Gasteiger partial charge in [-0.05, 0) is 30.7 Å². The number of rotatable bonds is 8. The molecule has 0 fully saturated rings.